The zero-order valence-corrected chi connectivity index (χ0v) is 19.7. The molecule has 0 amide bonds. The van der Waals surface area contributed by atoms with Crippen molar-refractivity contribution in [1.29, 1.82) is 0 Å². The number of hydrogen-bond donors (Lipinski definition) is 2. The van der Waals surface area contributed by atoms with Crippen molar-refractivity contribution >= 4 is 35.6 Å². The lowest BCUT2D eigenvalue weighted by Gasteiger charge is -2.29. The van der Waals surface area contributed by atoms with Gasteiger partial charge in [0, 0.05) is 38.8 Å². The van der Waals surface area contributed by atoms with Crippen LogP contribution in [0.25, 0.3) is 0 Å². The van der Waals surface area contributed by atoms with E-state index in [2.05, 4.69) is 20.4 Å². The predicted molar refractivity (Wildman–Crippen MR) is 125 cm³/mol. The van der Waals surface area contributed by atoms with E-state index in [-0.39, 0.29) is 42.1 Å². The van der Waals surface area contributed by atoms with E-state index in [0.29, 0.717) is 55.6 Å². The highest BCUT2D eigenvalue weighted by Gasteiger charge is 2.31. The highest BCUT2D eigenvalue weighted by atomic mass is 127. The first-order chi connectivity index (χ1) is 14.9. The Morgan fingerprint density at radius 1 is 1.09 bits per heavy atom. The molecule has 0 unspecified atom stereocenters. The van der Waals surface area contributed by atoms with Gasteiger partial charge in [0.2, 0.25) is 0 Å². The number of guanidine groups is 1. The van der Waals surface area contributed by atoms with Gasteiger partial charge in [0.25, 0.3) is 0 Å². The third-order valence-corrected chi connectivity index (χ3v) is 4.69. The monoisotopic (exact) mass is 568 g/mol. The molecule has 0 saturated carbocycles. The molecule has 0 atom stereocenters. The Morgan fingerprint density at radius 2 is 1.78 bits per heavy atom. The van der Waals surface area contributed by atoms with E-state index < -0.39 is 6.36 Å². The van der Waals surface area contributed by atoms with Crippen LogP contribution in [0, 0.1) is 5.82 Å². The van der Waals surface area contributed by atoms with E-state index >= 15 is 0 Å². The number of halogens is 5. The third-order valence-electron chi connectivity index (χ3n) is 4.69. The zero-order chi connectivity index (χ0) is 22.3. The molecule has 1 aliphatic heterocycles. The van der Waals surface area contributed by atoms with Crippen LogP contribution in [0.1, 0.15) is 11.1 Å². The summed E-state index contributed by atoms with van der Waals surface area (Å²) >= 11 is 0. The Balaban J connectivity index is 0.00000363. The second-order valence-electron chi connectivity index (χ2n) is 6.82. The molecule has 11 heteroatoms. The highest BCUT2D eigenvalue weighted by molar-refractivity contribution is 14.0. The molecule has 1 fully saturated rings. The molecule has 0 spiro atoms. The normalized spacial score (nSPS) is 14.5. The van der Waals surface area contributed by atoms with Crippen LogP contribution in [0.5, 0.6) is 5.75 Å². The summed E-state index contributed by atoms with van der Waals surface area (Å²) in [6.45, 7) is 2.79. The molecule has 0 aromatic heterocycles. The summed E-state index contributed by atoms with van der Waals surface area (Å²) < 4.78 is 61.5. The molecule has 0 bridgehead atoms. The van der Waals surface area contributed by atoms with E-state index in [1.54, 1.807) is 12.1 Å². The second-order valence-corrected chi connectivity index (χ2v) is 6.82. The van der Waals surface area contributed by atoms with Gasteiger partial charge in [0.1, 0.15) is 11.6 Å². The number of para-hydroxylation sites is 1. The van der Waals surface area contributed by atoms with E-state index in [9.17, 15) is 17.6 Å². The van der Waals surface area contributed by atoms with Gasteiger partial charge >= 0.3 is 6.36 Å². The van der Waals surface area contributed by atoms with Gasteiger partial charge in [-0.25, -0.2) is 4.39 Å². The van der Waals surface area contributed by atoms with Crippen molar-refractivity contribution in [2.24, 2.45) is 4.99 Å². The predicted octanol–water partition coefficient (Wildman–Crippen LogP) is 4.04. The fraction of sp³-hybridized carbons (Fsp3) is 0.381. The minimum absolute atomic E-state index is 0. The van der Waals surface area contributed by atoms with Gasteiger partial charge in [0.05, 0.1) is 18.9 Å². The molecule has 32 heavy (non-hydrogen) atoms. The van der Waals surface area contributed by atoms with E-state index in [0.717, 1.165) is 0 Å². The number of nitrogens with zero attached hydrogens (tertiary/aromatic N) is 2. The van der Waals surface area contributed by atoms with Gasteiger partial charge in [-0.2, -0.15) is 0 Å². The van der Waals surface area contributed by atoms with Gasteiger partial charge < -0.3 is 25.0 Å². The smallest absolute Gasteiger partial charge is 0.405 e. The van der Waals surface area contributed by atoms with Crippen molar-refractivity contribution < 1.29 is 27.0 Å². The summed E-state index contributed by atoms with van der Waals surface area (Å²) in [6, 6.07) is 10.9. The molecule has 6 nitrogen and oxygen atoms in total. The molecule has 0 radical (unpaired) electrons. The number of hydrogen-bond acceptors (Lipinski definition) is 4. The average molecular weight is 568 g/mol. The molecule has 2 N–H and O–H groups in total. The first-order valence-electron chi connectivity index (χ1n) is 9.75. The number of nitrogens with one attached hydrogen (secondary N) is 2. The van der Waals surface area contributed by atoms with Gasteiger partial charge in [0.15, 0.2) is 5.96 Å². The van der Waals surface area contributed by atoms with Crippen molar-refractivity contribution in [2.45, 2.75) is 19.5 Å². The van der Waals surface area contributed by atoms with Crippen LogP contribution in [0.4, 0.5) is 23.2 Å². The van der Waals surface area contributed by atoms with Crippen molar-refractivity contribution in [3.05, 3.63) is 59.4 Å². The molecule has 1 heterocycles. The number of alkyl halides is 3. The maximum absolute atomic E-state index is 14.5. The Kier molecular flexibility index (Phi) is 9.82. The number of morpholine rings is 1. The van der Waals surface area contributed by atoms with Crippen LogP contribution in [-0.2, 0) is 17.8 Å². The first kappa shape index (κ1) is 26.0. The minimum Gasteiger partial charge on any atom is -0.405 e. The van der Waals surface area contributed by atoms with Crippen LogP contribution in [-0.4, -0.2) is 45.7 Å². The average Bonchev–Trinajstić information content (AvgIpc) is 2.74. The van der Waals surface area contributed by atoms with Crippen molar-refractivity contribution in [2.75, 3.05) is 38.3 Å². The Labute approximate surface area is 201 Å². The van der Waals surface area contributed by atoms with Crippen molar-refractivity contribution in [3.63, 3.8) is 0 Å². The van der Waals surface area contributed by atoms with Crippen LogP contribution >= 0.6 is 24.0 Å². The fourth-order valence-electron chi connectivity index (χ4n) is 3.18. The lowest BCUT2D eigenvalue weighted by Crippen LogP contribution is -2.37. The maximum Gasteiger partial charge on any atom is 0.573 e. The number of aliphatic imine (C=N–C) groups is 1. The van der Waals surface area contributed by atoms with Crippen LogP contribution in [0.15, 0.2) is 47.5 Å². The molecule has 3 rings (SSSR count). The summed E-state index contributed by atoms with van der Waals surface area (Å²) in [5.74, 6) is -0.236. The van der Waals surface area contributed by atoms with Crippen LogP contribution in [0.3, 0.4) is 0 Å². The minimum atomic E-state index is -4.77. The zero-order valence-electron chi connectivity index (χ0n) is 17.4. The molecule has 176 valence electrons. The topological polar surface area (TPSA) is 58.1 Å². The molecule has 2 aromatic rings. The third kappa shape index (κ3) is 7.69. The van der Waals surface area contributed by atoms with Crippen LogP contribution in [0.2, 0.25) is 0 Å². The summed E-state index contributed by atoms with van der Waals surface area (Å²) in [6.07, 6.45) is -4.77. The van der Waals surface area contributed by atoms with Crippen molar-refractivity contribution in [1.82, 2.24) is 10.6 Å². The number of anilines is 1. The highest BCUT2D eigenvalue weighted by Crippen LogP contribution is 2.26. The van der Waals surface area contributed by atoms with Gasteiger partial charge in [-0.15, -0.1) is 37.1 Å². The van der Waals surface area contributed by atoms with Gasteiger partial charge in [-0.3, -0.25) is 4.99 Å². The summed E-state index contributed by atoms with van der Waals surface area (Å²) in [5, 5.41) is 5.96. The lowest BCUT2D eigenvalue weighted by atomic mass is 10.1. The molecular weight excluding hydrogens is 543 g/mol. The van der Waals surface area contributed by atoms with E-state index in [1.807, 2.05) is 11.0 Å². The number of benzene rings is 2. The molecule has 1 saturated heterocycles. The summed E-state index contributed by atoms with van der Waals surface area (Å²) in [7, 11) is 1.54. The Morgan fingerprint density at radius 3 is 2.44 bits per heavy atom. The quantitative estimate of drug-likeness (QED) is 0.239. The Bertz CT molecular complexity index is 906. The van der Waals surface area contributed by atoms with Crippen molar-refractivity contribution in [3.8, 4) is 5.75 Å². The second kappa shape index (κ2) is 12.1. The molecule has 0 aliphatic carbocycles. The number of ether oxygens (including phenoxy) is 2. The Hall–Kier alpha value is -2.28. The maximum atomic E-state index is 14.5. The lowest BCUT2D eigenvalue weighted by molar-refractivity contribution is -0.274. The van der Waals surface area contributed by atoms with Gasteiger partial charge in [-0.1, -0.05) is 24.3 Å². The van der Waals surface area contributed by atoms with Crippen LogP contribution < -0.4 is 20.3 Å². The fourth-order valence-corrected chi connectivity index (χ4v) is 3.18. The number of rotatable bonds is 6. The first-order valence-corrected chi connectivity index (χ1v) is 9.75. The largest absolute Gasteiger partial charge is 0.573 e. The van der Waals surface area contributed by atoms with Gasteiger partial charge in [-0.05, 0) is 23.8 Å². The summed E-state index contributed by atoms with van der Waals surface area (Å²) in [5.41, 5.74) is 1.57. The standard InChI is InChI=1S/C21H24F4N4O2.HI/c1-26-20(28-14-16-4-2-3-5-19(16)31-21(23,24)25)27-13-15-6-7-18(17(22)12-15)29-8-10-30-11-9-29;/h2-7,12H,8-11,13-14H2,1H3,(H2,26,27,28);1H. The SMILES string of the molecule is CN=C(NCc1ccc(N2CCOCC2)c(F)c1)NCc1ccccc1OC(F)(F)F.I. The molecule has 1 aliphatic rings. The van der Waals surface area contributed by atoms with E-state index in [4.69, 9.17) is 4.74 Å². The summed E-state index contributed by atoms with van der Waals surface area (Å²) in [4.78, 5) is 5.99. The molecular formula is C21H25F4IN4O2. The molecule has 2 aromatic carbocycles. The van der Waals surface area contributed by atoms with E-state index in [1.165, 1.54) is 31.3 Å².